The summed E-state index contributed by atoms with van der Waals surface area (Å²) in [5.74, 6) is 1.81. The summed E-state index contributed by atoms with van der Waals surface area (Å²) in [6, 6.07) is 21.4. The van der Waals surface area contributed by atoms with Crippen LogP contribution in [0.25, 0.3) is 44.7 Å². The molecule has 2 aromatic carbocycles. The molecule has 0 aliphatic heterocycles. The van der Waals surface area contributed by atoms with Crippen LogP contribution in [0, 0.1) is 0 Å². The van der Waals surface area contributed by atoms with Gasteiger partial charge in [-0.3, -0.25) is 0 Å². The fourth-order valence-electron chi connectivity index (χ4n) is 5.16. The zero-order chi connectivity index (χ0) is 22.9. The van der Waals surface area contributed by atoms with Crippen molar-refractivity contribution in [3.05, 3.63) is 97.1 Å². The van der Waals surface area contributed by atoms with Gasteiger partial charge in [-0.05, 0) is 61.1 Å². The van der Waals surface area contributed by atoms with Gasteiger partial charge >= 0.3 is 0 Å². The van der Waals surface area contributed by atoms with E-state index in [0.29, 0.717) is 0 Å². The third kappa shape index (κ3) is 3.45. The standard InChI is InChI=1S/C30H30N2O/c1-5-7-13-23-21-15-9-11-17-25(21)31(3)29(23)27-19-20-28(33-27)30-24(14-8-6-2)22-16-10-12-18-26(22)32(30)4/h5-6,9-12,15-20H,1-2,7-8,13-14H2,3-4H3. The van der Waals surface area contributed by atoms with Crippen molar-refractivity contribution in [3.63, 3.8) is 0 Å². The molecule has 5 aromatic rings. The van der Waals surface area contributed by atoms with Gasteiger partial charge in [-0.15, -0.1) is 13.2 Å². The number of nitrogens with zero attached hydrogens (tertiary/aromatic N) is 2. The SMILES string of the molecule is C=CCCc1c(-c2ccc(-c3c(CCC=C)c4ccccc4n3C)o2)n(C)c2ccccc12. The molecule has 0 radical (unpaired) electrons. The zero-order valence-electron chi connectivity index (χ0n) is 19.5. The highest BCUT2D eigenvalue weighted by Crippen LogP contribution is 2.39. The Morgan fingerprint density at radius 2 is 1.09 bits per heavy atom. The first-order valence-electron chi connectivity index (χ1n) is 11.6. The number of para-hydroxylation sites is 2. The van der Waals surface area contributed by atoms with E-state index in [1.807, 2.05) is 12.2 Å². The van der Waals surface area contributed by atoms with Crippen LogP contribution >= 0.6 is 0 Å². The highest BCUT2D eigenvalue weighted by molar-refractivity contribution is 5.93. The fourth-order valence-corrected chi connectivity index (χ4v) is 5.16. The smallest absolute Gasteiger partial charge is 0.151 e. The molecule has 0 saturated carbocycles. The van der Waals surface area contributed by atoms with Gasteiger partial charge in [-0.25, -0.2) is 0 Å². The highest BCUT2D eigenvalue weighted by Gasteiger charge is 2.22. The summed E-state index contributed by atoms with van der Waals surface area (Å²) >= 11 is 0. The number of aromatic nitrogens is 2. The molecular formula is C30H30N2O. The Hall–Kier alpha value is -3.72. The molecule has 3 heteroatoms. The lowest BCUT2D eigenvalue weighted by atomic mass is 10.0. The number of aryl methyl sites for hydroxylation is 4. The van der Waals surface area contributed by atoms with E-state index in [-0.39, 0.29) is 0 Å². The topological polar surface area (TPSA) is 23.0 Å². The molecule has 5 rings (SSSR count). The highest BCUT2D eigenvalue weighted by atomic mass is 16.3. The maximum atomic E-state index is 6.62. The second kappa shape index (κ2) is 8.67. The van der Waals surface area contributed by atoms with Gasteiger partial charge in [-0.1, -0.05) is 48.6 Å². The van der Waals surface area contributed by atoms with Gasteiger partial charge in [0.15, 0.2) is 11.5 Å². The largest absolute Gasteiger partial charge is 0.453 e. The van der Waals surface area contributed by atoms with Crippen LogP contribution in [0.15, 0.2) is 90.4 Å². The average Bonchev–Trinajstić information content (AvgIpc) is 3.50. The Kier molecular flexibility index (Phi) is 5.55. The molecule has 166 valence electrons. The summed E-state index contributed by atoms with van der Waals surface area (Å²) in [5, 5.41) is 2.57. The van der Waals surface area contributed by atoms with Crippen LogP contribution in [0.4, 0.5) is 0 Å². The summed E-state index contributed by atoms with van der Waals surface area (Å²) in [7, 11) is 4.26. The van der Waals surface area contributed by atoms with E-state index >= 15 is 0 Å². The molecule has 33 heavy (non-hydrogen) atoms. The van der Waals surface area contributed by atoms with Gasteiger partial charge in [0, 0.05) is 35.9 Å². The van der Waals surface area contributed by atoms with Crippen LogP contribution in [0.3, 0.4) is 0 Å². The Balaban J connectivity index is 1.69. The molecule has 0 amide bonds. The molecule has 0 N–H and O–H groups in total. The van der Waals surface area contributed by atoms with Crippen LogP contribution in [-0.2, 0) is 26.9 Å². The van der Waals surface area contributed by atoms with Crippen molar-refractivity contribution in [2.45, 2.75) is 25.7 Å². The van der Waals surface area contributed by atoms with Crippen LogP contribution in [0.2, 0.25) is 0 Å². The van der Waals surface area contributed by atoms with Crippen LogP contribution in [0.5, 0.6) is 0 Å². The molecule has 3 nitrogen and oxygen atoms in total. The third-order valence-corrected chi connectivity index (χ3v) is 6.69. The Bertz CT molecular complexity index is 1360. The molecule has 0 saturated heterocycles. The molecule has 0 atom stereocenters. The van der Waals surface area contributed by atoms with Gasteiger partial charge in [0.05, 0.1) is 11.4 Å². The number of hydrogen-bond acceptors (Lipinski definition) is 1. The maximum Gasteiger partial charge on any atom is 0.151 e. The number of rotatable bonds is 8. The zero-order valence-corrected chi connectivity index (χ0v) is 19.5. The third-order valence-electron chi connectivity index (χ3n) is 6.69. The maximum absolute atomic E-state index is 6.62. The van der Waals surface area contributed by atoms with Crippen LogP contribution < -0.4 is 0 Å². The number of fused-ring (bicyclic) bond motifs is 2. The van der Waals surface area contributed by atoms with Gasteiger partial charge in [0.25, 0.3) is 0 Å². The lowest BCUT2D eigenvalue weighted by molar-refractivity contribution is 0.585. The molecule has 0 aliphatic carbocycles. The van der Waals surface area contributed by atoms with Crippen molar-refractivity contribution in [1.82, 2.24) is 9.13 Å². The summed E-state index contributed by atoms with van der Waals surface area (Å²) < 4.78 is 11.1. The number of benzene rings is 2. The molecular weight excluding hydrogens is 404 g/mol. The summed E-state index contributed by atoms with van der Waals surface area (Å²) in [6.07, 6.45) is 7.72. The summed E-state index contributed by atoms with van der Waals surface area (Å²) in [4.78, 5) is 0. The molecule has 0 bridgehead atoms. The number of hydrogen-bond donors (Lipinski definition) is 0. The minimum atomic E-state index is 0.905. The summed E-state index contributed by atoms with van der Waals surface area (Å²) in [5.41, 5.74) is 7.38. The van der Waals surface area contributed by atoms with E-state index in [4.69, 9.17) is 4.42 Å². The number of allylic oxidation sites excluding steroid dienone is 2. The van der Waals surface area contributed by atoms with Crippen LogP contribution in [0.1, 0.15) is 24.0 Å². The van der Waals surface area contributed by atoms with Crippen molar-refractivity contribution in [2.24, 2.45) is 14.1 Å². The van der Waals surface area contributed by atoms with E-state index in [9.17, 15) is 0 Å². The molecule has 3 heterocycles. The molecule has 0 aliphatic rings. The fraction of sp³-hybridized carbons (Fsp3) is 0.200. The van der Waals surface area contributed by atoms with Gasteiger partial charge in [0.2, 0.25) is 0 Å². The molecule has 0 fully saturated rings. The molecule has 0 unspecified atom stereocenters. The monoisotopic (exact) mass is 434 g/mol. The van der Waals surface area contributed by atoms with E-state index in [1.165, 1.54) is 32.9 Å². The predicted molar refractivity (Wildman–Crippen MR) is 140 cm³/mol. The lowest BCUT2D eigenvalue weighted by Crippen LogP contribution is -1.94. The van der Waals surface area contributed by atoms with Gasteiger partial charge < -0.3 is 13.6 Å². The Morgan fingerprint density at radius 1 is 0.667 bits per heavy atom. The second-order valence-corrected chi connectivity index (χ2v) is 8.63. The first-order valence-corrected chi connectivity index (χ1v) is 11.6. The van der Waals surface area contributed by atoms with Crippen molar-refractivity contribution in [1.29, 1.82) is 0 Å². The van der Waals surface area contributed by atoms with Crippen molar-refractivity contribution in [3.8, 4) is 22.9 Å². The van der Waals surface area contributed by atoms with Gasteiger partial charge in [0.1, 0.15) is 0 Å². The minimum absolute atomic E-state index is 0.905. The Labute approximate surface area is 195 Å². The Morgan fingerprint density at radius 3 is 1.52 bits per heavy atom. The minimum Gasteiger partial charge on any atom is -0.453 e. The van der Waals surface area contributed by atoms with Crippen LogP contribution in [-0.4, -0.2) is 9.13 Å². The quantitative estimate of drug-likeness (QED) is 0.228. The second-order valence-electron chi connectivity index (χ2n) is 8.63. The molecule has 0 spiro atoms. The number of furan rings is 1. The normalized spacial score (nSPS) is 11.5. The van der Waals surface area contributed by atoms with Crippen molar-refractivity contribution in [2.75, 3.05) is 0 Å². The van der Waals surface area contributed by atoms with E-state index < -0.39 is 0 Å². The van der Waals surface area contributed by atoms with E-state index in [2.05, 4.69) is 97.1 Å². The first-order chi connectivity index (χ1) is 16.2. The summed E-state index contributed by atoms with van der Waals surface area (Å²) in [6.45, 7) is 7.87. The van der Waals surface area contributed by atoms with E-state index in [0.717, 1.165) is 48.6 Å². The van der Waals surface area contributed by atoms with Gasteiger partial charge in [-0.2, -0.15) is 0 Å². The molecule has 3 aromatic heterocycles. The van der Waals surface area contributed by atoms with E-state index in [1.54, 1.807) is 0 Å². The van der Waals surface area contributed by atoms with Crippen molar-refractivity contribution < 1.29 is 4.42 Å². The lowest BCUT2D eigenvalue weighted by Gasteiger charge is -2.07. The predicted octanol–water partition coefficient (Wildman–Crippen LogP) is 7.83. The average molecular weight is 435 g/mol. The first kappa shape index (κ1) is 21.1. The van der Waals surface area contributed by atoms with Crippen molar-refractivity contribution >= 4 is 21.8 Å².